The number of aromatic nitrogens is 2. The first kappa shape index (κ1) is 28.6. The largest absolute Gasteiger partial charge is 0.416 e. The Morgan fingerprint density at radius 1 is 0.825 bits per heavy atom. The van der Waals surface area contributed by atoms with Crippen LogP contribution in [0.4, 0.5) is 30.7 Å². The molecule has 0 spiro atoms. The first-order valence-electron chi connectivity index (χ1n) is 11.5. The molecule has 4 aromatic rings. The standard InChI is InChI=1S/C27H20F7N3O3/c1-35(13-14-10-16(26(29,30)31)12-17(11-14)27(32,33)34)24(39)23-21(15-4-6-18(28)7-5-15)19-8-9-20(38)36(2)22(19)25(40)37(23)3/h4-12H,13H2,1-3H3. The van der Waals surface area contributed by atoms with Gasteiger partial charge in [0.05, 0.1) is 11.1 Å². The molecular weight excluding hydrogens is 547 g/mol. The van der Waals surface area contributed by atoms with Crippen LogP contribution in [0.15, 0.2) is 64.2 Å². The molecule has 0 aliphatic carbocycles. The maximum atomic E-state index is 13.7. The van der Waals surface area contributed by atoms with Gasteiger partial charge in [-0.2, -0.15) is 26.3 Å². The third-order valence-corrected chi connectivity index (χ3v) is 6.41. The molecule has 0 saturated heterocycles. The van der Waals surface area contributed by atoms with Gasteiger partial charge in [0.15, 0.2) is 0 Å². The highest BCUT2D eigenvalue weighted by atomic mass is 19.4. The molecule has 0 unspecified atom stereocenters. The van der Waals surface area contributed by atoms with E-state index in [4.69, 9.17) is 0 Å². The fourth-order valence-corrected chi connectivity index (χ4v) is 4.45. The number of pyridine rings is 2. The quantitative estimate of drug-likeness (QED) is 0.313. The lowest BCUT2D eigenvalue weighted by Gasteiger charge is -2.24. The van der Waals surface area contributed by atoms with Crippen molar-refractivity contribution < 1.29 is 35.5 Å². The summed E-state index contributed by atoms with van der Waals surface area (Å²) >= 11 is 0. The molecule has 0 bridgehead atoms. The molecular formula is C27H20F7N3O3. The highest BCUT2D eigenvalue weighted by Crippen LogP contribution is 2.37. The summed E-state index contributed by atoms with van der Waals surface area (Å²) in [4.78, 5) is 40.1. The molecule has 6 nitrogen and oxygen atoms in total. The number of alkyl halides is 6. The Balaban J connectivity index is 1.91. The number of carbonyl (C=O) groups is 1. The molecule has 13 heteroatoms. The molecule has 0 radical (unpaired) electrons. The van der Waals surface area contributed by atoms with Crippen molar-refractivity contribution in [3.05, 3.63) is 104 Å². The van der Waals surface area contributed by atoms with Crippen molar-refractivity contribution in [3.8, 4) is 11.1 Å². The van der Waals surface area contributed by atoms with Gasteiger partial charge in [-0.3, -0.25) is 14.4 Å². The lowest BCUT2D eigenvalue weighted by atomic mass is 9.97. The number of hydrogen-bond acceptors (Lipinski definition) is 3. The normalized spacial score (nSPS) is 12.2. The number of amides is 1. The van der Waals surface area contributed by atoms with Crippen molar-refractivity contribution in [2.24, 2.45) is 14.1 Å². The molecule has 0 saturated carbocycles. The van der Waals surface area contributed by atoms with Gasteiger partial charge in [0.2, 0.25) is 0 Å². The van der Waals surface area contributed by atoms with Crippen LogP contribution in [0.5, 0.6) is 0 Å². The minimum absolute atomic E-state index is 0.0186. The Labute approximate surface area is 221 Å². The summed E-state index contributed by atoms with van der Waals surface area (Å²) < 4.78 is 95.7. The zero-order chi connectivity index (χ0) is 29.7. The van der Waals surface area contributed by atoms with Gasteiger partial charge >= 0.3 is 12.4 Å². The fourth-order valence-electron chi connectivity index (χ4n) is 4.45. The van der Waals surface area contributed by atoms with E-state index in [1.54, 1.807) is 0 Å². The number of benzene rings is 2. The second-order valence-electron chi connectivity index (χ2n) is 9.16. The first-order valence-corrected chi connectivity index (χ1v) is 11.5. The van der Waals surface area contributed by atoms with Crippen molar-refractivity contribution >= 4 is 16.8 Å². The topological polar surface area (TPSA) is 64.3 Å². The minimum Gasteiger partial charge on any atom is -0.336 e. The molecule has 2 heterocycles. The Morgan fingerprint density at radius 3 is 1.90 bits per heavy atom. The van der Waals surface area contributed by atoms with Crippen LogP contribution in [0.3, 0.4) is 0 Å². The molecule has 2 aromatic carbocycles. The number of carbonyl (C=O) groups excluding carboxylic acids is 1. The Morgan fingerprint density at radius 2 is 1.38 bits per heavy atom. The SMILES string of the molecule is CN(Cc1cc(C(F)(F)F)cc(C(F)(F)F)c1)C(=O)c1c(-c2ccc(F)cc2)c2ccc(=O)n(C)c2c(=O)n1C. The summed E-state index contributed by atoms with van der Waals surface area (Å²) in [5, 5.41) is 0.159. The predicted octanol–water partition coefficient (Wildman–Crippen LogP) is 5.35. The fraction of sp³-hybridized carbons (Fsp3) is 0.222. The zero-order valence-electron chi connectivity index (χ0n) is 21.1. The summed E-state index contributed by atoms with van der Waals surface area (Å²) in [5.41, 5.74) is -4.75. The van der Waals surface area contributed by atoms with Crippen LogP contribution >= 0.6 is 0 Å². The highest BCUT2D eigenvalue weighted by Gasteiger charge is 2.37. The number of rotatable bonds is 4. The second kappa shape index (κ2) is 9.96. The van der Waals surface area contributed by atoms with Gasteiger partial charge in [-0.05, 0) is 47.5 Å². The highest BCUT2D eigenvalue weighted by molar-refractivity contribution is 6.07. The van der Waals surface area contributed by atoms with Gasteiger partial charge in [-0.25, -0.2) is 4.39 Å². The molecule has 1 amide bonds. The third-order valence-electron chi connectivity index (χ3n) is 6.41. The molecule has 210 valence electrons. The number of aryl methyl sites for hydroxylation is 1. The molecule has 0 atom stereocenters. The van der Waals surface area contributed by atoms with Gasteiger partial charge in [-0.15, -0.1) is 0 Å². The molecule has 0 N–H and O–H groups in total. The molecule has 2 aromatic heterocycles. The third kappa shape index (κ3) is 5.23. The smallest absolute Gasteiger partial charge is 0.336 e. The van der Waals surface area contributed by atoms with Crippen LogP contribution < -0.4 is 11.1 Å². The first-order chi connectivity index (χ1) is 18.5. The van der Waals surface area contributed by atoms with E-state index in [1.165, 1.54) is 32.3 Å². The Kier molecular flexibility index (Phi) is 7.12. The van der Waals surface area contributed by atoms with Crippen molar-refractivity contribution in [3.63, 3.8) is 0 Å². The number of halogens is 7. The van der Waals surface area contributed by atoms with E-state index in [0.29, 0.717) is 12.1 Å². The molecule has 0 aliphatic rings. The van der Waals surface area contributed by atoms with Gasteiger partial charge in [0, 0.05) is 44.7 Å². The predicted molar refractivity (Wildman–Crippen MR) is 132 cm³/mol. The summed E-state index contributed by atoms with van der Waals surface area (Å²) in [6, 6.07) is 8.35. The number of fused-ring (bicyclic) bond motifs is 1. The van der Waals surface area contributed by atoms with E-state index in [2.05, 4.69) is 0 Å². The van der Waals surface area contributed by atoms with Crippen LogP contribution in [-0.4, -0.2) is 27.0 Å². The van der Waals surface area contributed by atoms with E-state index in [9.17, 15) is 45.1 Å². The maximum Gasteiger partial charge on any atom is 0.416 e. The average Bonchev–Trinajstić information content (AvgIpc) is 2.87. The van der Waals surface area contributed by atoms with Crippen LogP contribution in [0.1, 0.15) is 27.2 Å². The van der Waals surface area contributed by atoms with E-state index < -0.39 is 58.4 Å². The van der Waals surface area contributed by atoms with Crippen LogP contribution in [0.2, 0.25) is 0 Å². The van der Waals surface area contributed by atoms with Crippen LogP contribution in [-0.2, 0) is 33.0 Å². The van der Waals surface area contributed by atoms with Crippen molar-refractivity contribution in [2.75, 3.05) is 7.05 Å². The van der Waals surface area contributed by atoms with Gasteiger partial charge in [0.25, 0.3) is 17.0 Å². The zero-order valence-corrected chi connectivity index (χ0v) is 21.1. The van der Waals surface area contributed by atoms with E-state index in [-0.39, 0.29) is 33.8 Å². The monoisotopic (exact) mass is 567 g/mol. The van der Waals surface area contributed by atoms with Crippen molar-refractivity contribution in [1.29, 1.82) is 0 Å². The van der Waals surface area contributed by atoms with Crippen molar-refractivity contribution in [2.45, 2.75) is 18.9 Å². The summed E-state index contributed by atoms with van der Waals surface area (Å²) in [6.07, 6.45) is -10.2. The van der Waals surface area contributed by atoms with Gasteiger partial charge < -0.3 is 14.0 Å². The molecule has 0 aliphatic heterocycles. The van der Waals surface area contributed by atoms with Crippen LogP contribution in [0, 0.1) is 5.82 Å². The van der Waals surface area contributed by atoms with Gasteiger partial charge in [-0.1, -0.05) is 12.1 Å². The lowest BCUT2D eigenvalue weighted by molar-refractivity contribution is -0.143. The molecule has 40 heavy (non-hydrogen) atoms. The molecule has 0 fully saturated rings. The van der Waals surface area contributed by atoms with E-state index in [1.807, 2.05) is 0 Å². The summed E-state index contributed by atoms with van der Waals surface area (Å²) in [5.74, 6) is -1.51. The lowest BCUT2D eigenvalue weighted by Crippen LogP contribution is -2.35. The number of hydrogen-bond donors (Lipinski definition) is 0. The Bertz CT molecular complexity index is 1720. The minimum atomic E-state index is -5.08. The van der Waals surface area contributed by atoms with E-state index >= 15 is 0 Å². The second-order valence-corrected chi connectivity index (χ2v) is 9.16. The van der Waals surface area contributed by atoms with Crippen LogP contribution in [0.25, 0.3) is 22.0 Å². The van der Waals surface area contributed by atoms with Crippen molar-refractivity contribution in [1.82, 2.24) is 14.0 Å². The number of nitrogens with zero attached hydrogens (tertiary/aromatic N) is 3. The maximum absolute atomic E-state index is 13.7. The molecule has 4 rings (SSSR count). The average molecular weight is 567 g/mol. The van der Waals surface area contributed by atoms with E-state index in [0.717, 1.165) is 39.3 Å². The van der Waals surface area contributed by atoms with Gasteiger partial charge in [0.1, 0.15) is 17.0 Å². The Hall–Kier alpha value is -4.42. The summed E-state index contributed by atoms with van der Waals surface area (Å²) in [7, 11) is 3.74. The summed E-state index contributed by atoms with van der Waals surface area (Å²) in [6.45, 7) is -0.672.